The maximum atomic E-state index is 6.20. The third-order valence-corrected chi connectivity index (χ3v) is 3.21. The molecule has 0 bridgehead atoms. The number of para-hydroxylation sites is 1. The van der Waals surface area contributed by atoms with Crippen molar-refractivity contribution in [2.24, 2.45) is 0 Å². The Morgan fingerprint density at radius 2 is 1.84 bits per heavy atom. The molecule has 3 rings (SSSR count). The molecule has 1 N–H and O–H groups in total. The Bertz CT molecular complexity index is 572. The number of ether oxygens (including phenoxy) is 2. The standard InChI is InChI=1S/C15H14ClNO2/c16-13-8-11(9-14-15(13)19-7-6-18-14)10-17-12-4-2-1-3-5-12/h1-5,8-9,17H,6-7,10H2. The Balaban J connectivity index is 1.76. The second kappa shape index (κ2) is 5.41. The van der Waals surface area contributed by atoms with Gasteiger partial charge in [-0.05, 0) is 29.8 Å². The van der Waals surface area contributed by atoms with Crippen molar-refractivity contribution in [3.8, 4) is 11.5 Å². The van der Waals surface area contributed by atoms with E-state index in [-0.39, 0.29) is 0 Å². The lowest BCUT2D eigenvalue weighted by Crippen LogP contribution is -2.16. The van der Waals surface area contributed by atoms with Gasteiger partial charge in [0.2, 0.25) is 0 Å². The lowest BCUT2D eigenvalue weighted by Gasteiger charge is -2.20. The Kier molecular flexibility index (Phi) is 3.47. The number of anilines is 1. The molecule has 0 unspecified atom stereocenters. The van der Waals surface area contributed by atoms with Crippen LogP contribution in [0.3, 0.4) is 0 Å². The van der Waals surface area contributed by atoms with E-state index >= 15 is 0 Å². The van der Waals surface area contributed by atoms with Crippen molar-refractivity contribution in [2.45, 2.75) is 6.54 Å². The minimum Gasteiger partial charge on any atom is -0.486 e. The lowest BCUT2D eigenvalue weighted by atomic mass is 10.2. The zero-order valence-electron chi connectivity index (χ0n) is 10.4. The van der Waals surface area contributed by atoms with Crippen LogP contribution in [0.5, 0.6) is 11.5 Å². The van der Waals surface area contributed by atoms with Gasteiger partial charge < -0.3 is 14.8 Å². The molecule has 0 atom stereocenters. The zero-order valence-corrected chi connectivity index (χ0v) is 11.1. The van der Waals surface area contributed by atoms with Crippen LogP contribution >= 0.6 is 11.6 Å². The third kappa shape index (κ3) is 2.76. The highest BCUT2D eigenvalue weighted by Crippen LogP contribution is 2.38. The summed E-state index contributed by atoms with van der Waals surface area (Å²) in [6, 6.07) is 13.9. The number of benzene rings is 2. The summed E-state index contributed by atoms with van der Waals surface area (Å²) in [6.45, 7) is 1.81. The van der Waals surface area contributed by atoms with Crippen molar-refractivity contribution in [3.63, 3.8) is 0 Å². The van der Waals surface area contributed by atoms with Crippen molar-refractivity contribution >= 4 is 17.3 Å². The highest BCUT2D eigenvalue weighted by molar-refractivity contribution is 6.32. The zero-order chi connectivity index (χ0) is 13.1. The number of halogens is 1. The Morgan fingerprint density at radius 1 is 1.05 bits per heavy atom. The van der Waals surface area contributed by atoms with E-state index in [0.29, 0.717) is 30.5 Å². The molecular weight excluding hydrogens is 262 g/mol. The van der Waals surface area contributed by atoms with Gasteiger partial charge in [0.05, 0.1) is 5.02 Å². The number of nitrogens with one attached hydrogen (secondary N) is 1. The molecule has 0 radical (unpaired) electrons. The third-order valence-electron chi connectivity index (χ3n) is 2.93. The summed E-state index contributed by atoms with van der Waals surface area (Å²) >= 11 is 6.20. The van der Waals surface area contributed by atoms with Crippen molar-refractivity contribution in [1.29, 1.82) is 0 Å². The molecule has 0 saturated heterocycles. The van der Waals surface area contributed by atoms with Crippen LogP contribution in [-0.4, -0.2) is 13.2 Å². The van der Waals surface area contributed by atoms with Crippen LogP contribution in [0.25, 0.3) is 0 Å². The molecule has 0 saturated carbocycles. The summed E-state index contributed by atoms with van der Waals surface area (Å²) in [5.41, 5.74) is 2.15. The van der Waals surface area contributed by atoms with E-state index in [2.05, 4.69) is 5.32 Å². The molecule has 0 amide bonds. The molecule has 3 nitrogen and oxygen atoms in total. The van der Waals surface area contributed by atoms with Crippen molar-refractivity contribution in [3.05, 3.63) is 53.1 Å². The first-order valence-corrected chi connectivity index (χ1v) is 6.58. The van der Waals surface area contributed by atoms with Gasteiger partial charge >= 0.3 is 0 Å². The second-order valence-electron chi connectivity index (χ2n) is 4.32. The number of fused-ring (bicyclic) bond motifs is 1. The van der Waals surface area contributed by atoms with E-state index in [1.54, 1.807) is 0 Å². The van der Waals surface area contributed by atoms with Crippen molar-refractivity contribution < 1.29 is 9.47 Å². The van der Waals surface area contributed by atoms with E-state index in [1.807, 2.05) is 42.5 Å². The highest BCUT2D eigenvalue weighted by atomic mass is 35.5. The molecule has 1 aliphatic heterocycles. The topological polar surface area (TPSA) is 30.5 Å². The van der Waals surface area contributed by atoms with Crippen molar-refractivity contribution in [2.75, 3.05) is 18.5 Å². The van der Waals surface area contributed by atoms with Gasteiger partial charge in [0, 0.05) is 12.2 Å². The molecular formula is C15H14ClNO2. The summed E-state index contributed by atoms with van der Waals surface area (Å²) in [7, 11) is 0. The van der Waals surface area contributed by atoms with E-state index in [0.717, 1.165) is 17.0 Å². The summed E-state index contributed by atoms with van der Waals surface area (Å²) in [6.07, 6.45) is 0. The van der Waals surface area contributed by atoms with Crippen LogP contribution in [-0.2, 0) is 6.54 Å². The Hall–Kier alpha value is -1.87. The molecule has 0 aliphatic carbocycles. The van der Waals surface area contributed by atoms with Gasteiger partial charge in [0.15, 0.2) is 11.5 Å². The van der Waals surface area contributed by atoms with Crippen LogP contribution in [0.15, 0.2) is 42.5 Å². The smallest absolute Gasteiger partial charge is 0.179 e. The molecule has 1 aliphatic rings. The van der Waals surface area contributed by atoms with Crippen LogP contribution in [0, 0.1) is 0 Å². The largest absolute Gasteiger partial charge is 0.486 e. The summed E-state index contributed by atoms with van der Waals surface area (Å²) in [4.78, 5) is 0. The van der Waals surface area contributed by atoms with Gasteiger partial charge in [0.25, 0.3) is 0 Å². The molecule has 19 heavy (non-hydrogen) atoms. The summed E-state index contributed by atoms with van der Waals surface area (Å²) < 4.78 is 11.1. The molecule has 98 valence electrons. The first-order chi connectivity index (χ1) is 9.33. The minimum atomic E-state index is 0.550. The predicted molar refractivity (Wildman–Crippen MR) is 76.2 cm³/mol. The van der Waals surface area contributed by atoms with Crippen molar-refractivity contribution in [1.82, 2.24) is 0 Å². The van der Waals surface area contributed by atoms with E-state index in [4.69, 9.17) is 21.1 Å². The molecule has 0 fully saturated rings. The summed E-state index contributed by atoms with van der Waals surface area (Å²) in [5, 5.41) is 3.94. The maximum absolute atomic E-state index is 6.20. The van der Waals surface area contributed by atoms with E-state index in [1.165, 1.54) is 0 Å². The average Bonchev–Trinajstić information content (AvgIpc) is 2.46. The quantitative estimate of drug-likeness (QED) is 0.926. The number of hydrogen-bond acceptors (Lipinski definition) is 3. The van der Waals surface area contributed by atoms with Gasteiger partial charge in [-0.2, -0.15) is 0 Å². The normalized spacial score (nSPS) is 13.1. The van der Waals surface area contributed by atoms with Crippen LogP contribution < -0.4 is 14.8 Å². The molecule has 1 heterocycles. The monoisotopic (exact) mass is 275 g/mol. The molecule has 0 aromatic heterocycles. The molecule has 0 spiro atoms. The fraction of sp³-hybridized carbons (Fsp3) is 0.200. The maximum Gasteiger partial charge on any atom is 0.179 e. The second-order valence-corrected chi connectivity index (χ2v) is 4.73. The Morgan fingerprint density at radius 3 is 2.68 bits per heavy atom. The number of rotatable bonds is 3. The fourth-order valence-electron chi connectivity index (χ4n) is 2.03. The average molecular weight is 276 g/mol. The van der Waals surface area contributed by atoms with Crippen LogP contribution in [0.2, 0.25) is 5.02 Å². The molecule has 2 aromatic rings. The van der Waals surface area contributed by atoms with E-state index < -0.39 is 0 Å². The van der Waals surface area contributed by atoms with Gasteiger partial charge in [-0.1, -0.05) is 29.8 Å². The SMILES string of the molecule is Clc1cc(CNc2ccccc2)cc2c1OCCO2. The lowest BCUT2D eigenvalue weighted by molar-refractivity contribution is 0.171. The molecule has 2 aromatic carbocycles. The Labute approximate surface area is 117 Å². The minimum absolute atomic E-state index is 0.550. The fourth-order valence-corrected chi connectivity index (χ4v) is 2.31. The van der Waals surface area contributed by atoms with Gasteiger partial charge in [-0.15, -0.1) is 0 Å². The van der Waals surface area contributed by atoms with Gasteiger partial charge in [0.1, 0.15) is 13.2 Å². The van der Waals surface area contributed by atoms with Crippen LogP contribution in [0.4, 0.5) is 5.69 Å². The number of hydrogen-bond donors (Lipinski definition) is 1. The summed E-state index contributed by atoms with van der Waals surface area (Å²) in [5.74, 6) is 1.37. The van der Waals surface area contributed by atoms with E-state index in [9.17, 15) is 0 Å². The van der Waals surface area contributed by atoms with Crippen LogP contribution in [0.1, 0.15) is 5.56 Å². The van der Waals surface area contributed by atoms with Gasteiger partial charge in [-0.25, -0.2) is 0 Å². The predicted octanol–water partition coefficient (Wildman–Crippen LogP) is 3.72. The molecule has 4 heteroatoms. The van der Waals surface area contributed by atoms with Gasteiger partial charge in [-0.3, -0.25) is 0 Å². The first-order valence-electron chi connectivity index (χ1n) is 6.20. The highest BCUT2D eigenvalue weighted by Gasteiger charge is 2.16. The first kappa shape index (κ1) is 12.2.